The molecule has 1 atom stereocenters. The highest BCUT2D eigenvalue weighted by Gasteiger charge is 2.22. The van der Waals surface area contributed by atoms with E-state index in [9.17, 15) is 14.9 Å². The lowest BCUT2D eigenvalue weighted by molar-refractivity contribution is -0.384. The van der Waals surface area contributed by atoms with Gasteiger partial charge in [0.05, 0.1) is 11.0 Å². The van der Waals surface area contributed by atoms with Crippen LogP contribution in [-0.4, -0.2) is 46.4 Å². The van der Waals surface area contributed by atoms with Gasteiger partial charge in [0.15, 0.2) is 0 Å². The second-order valence-corrected chi connectivity index (χ2v) is 5.34. The van der Waals surface area contributed by atoms with E-state index in [1.807, 2.05) is 0 Å². The molecular formula is C14H21N5O3. The highest BCUT2D eigenvalue weighted by atomic mass is 16.6. The average molecular weight is 307 g/mol. The number of nitrogens with one attached hydrogen (secondary N) is 1. The monoisotopic (exact) mass is 307 g/mol. The Kier molecular flexibility index (Phi) is 5.65. The molecule has 1 fully saturated rings. The Balaban J connectivity index is 1.83. The molecule has 0 bridgehead atoms. The van der Waals surface area contributed by atoms with Gasteiger partial charge in [0.1, 0.15) is 0 Å². The Morgan fingerprint density at radius 2 is 2.18 bits per heavy atom. The third-order valence-electron chi connectivity index (χ3n) is 3.72. The van der Waals surface area contributed by atoms with Gasteiger partial charge in [0.2, 0.25) is 11.7 Å². The molecule has 2 heterocycles. The molecule has 0 radical (unpaired) electrons. The van der Waals surface area contributed by atoms with Gasteiger partial charge in [0.25, 0.3) is 0 Å². The molecule has 22 heavy (non-hydrogen) atoms. The van der Waals surface area contributed by atoms with Gasteiger partial charge in [-0.3, -0.25) is 14.9 Å². The molecule has 8 nitrogen and oxygen atoms in total. The van der Waals surface area contributed by atoms with Crippen molar-refractivity contribution in [1.29, 1.82) is 0 Å². The minimum absolute atomic E-state index is 0.0444. The van der Waals surface area contributed by atoms with Crippen molar-refractivity contribution in [2.75, 3.05) is 25.0 Å². The van der Waals surface area contributed by atoms with Crippen molar-refractivity contribution in [2.45, 2.75) is 31.7 Å². The molecule has 1 saturated heterocycles. The van der Waals surface area contributed by atoms with E-state index in [1.54, 1.807) is 4.90 Å². The van der Waals surface area contributed by atoms with Crippen LogP contribution in [0.1, 0.15) is 25.7 Å². The lowest BCUT2D eigenvalue weighted by Crippen LogP contribution is -2.46. The van der Waals surface area contributed by atoms with E-state index in [-0.39, 0.29) is 17.4 Å². The number of nitrogens with zero attached hydrogens (tertiary/aromatic N) is 3. The number of piperidine rings is 1. The summed E-state index contributed by atoms with van der Waals surface area (Å²) in [4.78, 5) is 28.3. The van der Waals surface area contributed by atoms with E-state index in [2.05, 4.69) is 10.3 Å². The number of aromatic nitrogens is 1. The number of carbonyl (C=O) groups is 1. The number of pyridine rings is 1. The molecule has 8 heteroatoms. The summed E-state index contributed by atoms with van der Waals surface area (Å²) in [7, 11) is 0. The first-order chi connectivity index (χ1) is 10.6. The Morgan fingerprint density at radius 3 is 2.86 bits per heavy atom. The van der Waals surface area contributed by atoms with Crippen molar-refractivity contribution in [1.82, 2.24) is 9.88 Å². The normalized spacial score (nSPS) is 16.1. The fraction of sp³-hybridized carbons (Fsp3) is 0.571. The highest BCUT2D eigenvalue weighted by Crippen LogP contribution is 2.20. The number of rotatable bonds is 6. The third kappa shape index (κ3) is 4.14. The largest absolute Gasteiger partial charge is 0.364 e. The number of likely N-dealkylation sites (tertiary alicyclic amines) is 1. The number of nitro groups is 1. The van der Waals surface area contributed by atoms with Crippen LogP contribution < -0.4 is 11.1 Å². The second-order valence-electron chi connectivity index (χ2n) is 5.34. The standard InChI is InChI=1S/C14H21N5O3/c15-11(14(20)18-9-2-1-3-10-18)6-8-17-13-12(19(21)22)5-4-7-16-13/h4-5,7,11H,1-3,6,8-10,15H2,(H,16,17)/t11-/m0/s1. The van der Waals surface area contributed by atoms with Crippen molar-refractivity contribution in [3.05, 3.63) is 28.4 Å². The Labute approximate surface area is 128 Å². The fourth-order valence-electron chi connectivity index (χ4n) is 2.50. The summed E-state index contributed by atoms with van der Waals surface area (Å²) >= 11 is 0. The predicted octanol–water partition coefficient (Wildman–Crippen LogP) is 1.13. The van der Waals surface area contributed by atoms with E-state index in [0.717, 1.165) is 32.4 Å². The summed E-state index contributed by atoms with van der Waals surface area (Å²) in [5, 5.41) is 13.8. The predicted molar refractivity (Wildman–Crippen MR) is 82.4 cm³/mol. The SMILES string of the molecule is N[C@@H](CCNc1ncccc1[N+](=O)[O-])C(=O)N1CCCCC1. The number of hydrogen-bond donors (Lipinski definition) is 2. The molecule has 1 aromatic rings. The molecule has 0 saturated carbocycles. The minimum atomic E-state index is -0.589. The smallest absolute Gasteiger partial charge is 0.311 e. The molecule has 1 amide bonds. The van der Waals surface area contributed by atoms with Gasteiger partial charge in [-0.2, -0.15) is 0 Å². The first-order valence-corrected chi connectivity index (χ1v) is 7.47. The van der Waals surface area contributed by atoms with Gasteiger partial charge < -0.3 is 16.0 Å². The van der Waals surface area contributed by atoms with Crippen LogP contribution in [0.15, 0.2) is 18.3 Å². The van der Waals surface area contributed by atoms with E-state index >= 15 is 0 Å². The quantitative estimate of drug-likeness (QED) is 0.601. The first-order valence-electron chi connectivity index (χ1n) is 7.47. The van der Waals surface area contributed by atoms with Crippen molar-refractivity contribution in [3.63, 3.8) is 0 Å². The maximum absolute atomic E-state index is 12.2. The molecule has 0 unspecified atom stereocenters. The number of carbonyl (C=O) groups excluding carboxylic acids is 1. The highest BCUT2D eigenvalue weighted by molar-refractivity contribution is 5.81. The number of amides is 1. The third-order valence-corrected chi connectivity index (χ3v) is 3.72. The number of nitrogens with two attached hydrogens (primary N) is 1. The van der Waals surface area contributed by atoms with Gasteiger partial charge in [0, 0.05) is 31.9 Å². The van der Waals surface area contributed by atoms with Gasteiger partial charge in [-0.25, -0.2) is 4.98 Å². The molecule has 0 spiro atoms. The van der Waals surface area contributed by atoms with E-state index in [1.165, 1.54) is 18.3 Å². The summed E-state index contributed by atoms with van der Waals surface area (Å²) < 4.78 is 0. The van der Waals surface area contributed by atoms with Crippen LogP contribution in [-0.2, 0) is 4.79 Å². The van der Waals surface area contributed by atoms with E-state index in [0.29, 0.717) is 13.0 Å². The Hall–Kier alpha value is -2.22. The summed E-state index contributed by atoms with van der Waals surface area (Å²) in [6.07, 6.45) is 5.09. The van der Waals surface area contributed by atoms with Crippen LogP contribution in [0.5, 0.6) is 0 Å². The van der Waals surface area contributed by atoms with Gasteiger partial charge in [-0.15, -0.1) is 0 Å². The maximum Gasteiger partial charge on any atom is 0.311 e. The second kappa shape index (κ2) is 7.69. The molecule has 2 rings (SSSR count). The van der Waals surface area contributed by atoms with Crippen LogP contribution in [0.3, 0.4) is 0 Å². The summed E-state index contributed by atoms with van der Waals surface area (Å²) in [6.45, 7) is 1.90. The molecule has 3 N–H and O–H groups in total. The van der Waals surface area contributed by atoms with Crippen molar-refractivity contribution < 1.29 is 9.72 Å². The molecule has 1 aromatic heterocycles. The van der Waals surface area contributed by atoms with E-state index < -0.39 is 11.0 Å². The first kappa shape index (κ1) is 16.2. The van der Waals surface area contributed by atoms with Crippen molar-refractivity contribution in [3.8, 4) is 0 Å². The molecule has 0 aromatic carbocycles. The number of hydrogen-bond acceptors (Lipinski definition) is 6. The fourth-order valence-corrected chi connectivity index (χ4v) is 2.50. The zero-order valence-electron chi connectivity index (χ0n) is 12.4. The lowest BCUT2D eigenvalue weighted by Gasteiger charge is -2.29. The van der Waals surface area contributed by atoms with Gasteiger partial charge in [-0.1, -0.05) is 0 Å². The maximum atomic E-state index is 12.2. The molecule has 1 aliphatic heterocycles. The summed E-state index contributed by atoms with van der Waals surface area (Å²) in [6, 6.07) is 2.30. The van der Waals surface area contributed by atoms with E-state index in [4.69, 9.17) is 5.73 Å². The van der Waals surface area contributed by atoms with Gasteiger partial charge >= 0.3 is 5.69 Å². The van der Waals surface area contributed by atoms with Crippen molar-refractivity contribution in [2.24, 2.45) is 5.73 Å². The zero-order chi connectivity index (χ0) is 15.9. The van der Waals surface area contributed by atoms with Crippen molar-refractivity contribution >= 4 is 17.4 Å². The van der Waals surface area contributed by atoms with Crippen LogP contribution in [0.4, 0.5) is 11.5 Å². The number of anilines is 1. The molecular weight excluding hydrogens is 286 g/mol. The molecule has 1 aliphatic rings. The molecule has 120 valence electrons. The molecule has 0 aliphatic carbocycles. The van der Waals surface area contributed by atoms with Gasteiger partial charge in [-0.05, 0) is 31.7 Å². The van der Waals surface area contributed by atoms with Crippen LogP contribution in [0, 0.1) is 10.1 Å². The lowest BCUT2D eigenvalue weighted by atomic mass is 10.1. The minimum Gasteiger partial charge on any atom is -0.364 e. The topological polar surface area (TPSA) is 114 Å². The summed E-state index contributed by atoms with van der Waals surface area (Å²) in [5.74, 6) is 0.155. The summed E-state index contributed by atoms with van der Waals surface area (Å²) in [5.41, 5.74) is 5.84. The average Bonchev–Trinajstić information content (AvgIpc) is 2.55. The van der Waals surface area contributed by atoms with Crippen LogP contribution in [0.2, 0.25) is 0 Å². The Morgan fingerprint density at radius 1 is 1.45 bits per heavy atom. The van der Waals surface area contributed by atoms with Crippen LogP contribution >= 0.6 is 0 Å². The van der Waals surface area contributed by atoms with Crippen LogP contribution in [0.25, 0.3) is 0 Å². The zero-order valence-corrected chi connectivity index (χ0v) is 12.4. The Bertz CT molecular complexity index is 531.